The first-order valence-corrected chi connectivity index (χ1v) is 9.33. The SMILES string of the molecule is O=C(OCC(=O)N1CCOCC1)c1nc(-c2ccccc2)n(-c2ccccc2)n1. The van der Waals surface area contributed by atoms with Gasteiger partial charge in [0.25, 0.3) is 11.7 Å². The fourth-order valence-corrected chi connectivity index (χ4v) is 3.02. The van der Waals surface area contributed by atoms with E-state index >= 15 is 0 Å². The molecule has 0 atom stereocenters. The molecule has 8 heteroatoms. The second-order valence-electron chi connectivity index (χ2n) is 6.44. The van der Waals surface area contributed by atoms with E-state index < -0.39 is 5.97 Å². The quantitative estimate of drug-likeness (QED) is 0.617. The smallest absolute Gasteiger partial charge is 0.378 e. The number of esters is 1. The number of rotatable bonds is 5. The molecule has 148 valence electrons. The van der Waals surface area contributed by atoms with Gasteiger partial charge in [0, 0.05) is 18.7 Å². The molecule has 0 spiro atoms. The zero-order valence-corrected chi connectivity index (χ0v) is 15.7. The molecule has 2 heterocycles. The number of hydrogen-bond acceptors (Lipinski definition) is 6. The molecule has 0 radical (unpaired) electrons. The Bertz CT molecular complexity index is 925. The summed E-state index contributed by atoms with van der Waals surface area (Å²) >= 11 is 0. The summed E-state index contributed by atoms with van der Waals surface area (Å²) in [7, 11) is 0. The van der Waals surface area contributed by atoms with Gasteiger partial charge in [-0.2, -0.15) is 0 Å². The first kappa shape index (κ1) is 18.8. The Morgan fingerprint density at radius 3 is 2.31 bits per heavy atom. The van der Waals surface area contributed by atoms with E-state index in [9.17, 15) is 9.59 Å². The average molecular weight is 392 g/mol. The lowest BCUT2D eigenvalue weighted by Crippen LogP contribution is -2.42. The molecule has 2 aromatic carbocycles. The number of carbonyl (C=O) groups excluding carboxylic acids is 2. The number of amides is 1. The van der Waals surface area contributed by atoms with E-state index in [-0.39, 0.29) is 18.3 Å². The van der Waals surface area contributed by atoms with Gasteiger partial charge in [0.05, 0.1) is 18.9 Å². The summed E-state index contributed by atoms with van der Waals surface area (Å²) in [5.41, 5.74) is 1.58. The highest BCUT2D eigenvalue weighted by Gasteiger charge is 2.23. The van der Waals surface area contributed by atoms with E-state index in [4.69, 9.17) is 9.47 Å². The van der Waals surface area contributed by atoms with E-state index in [0.29, 0.717) is 32.1 Å². The molecule has 0 aliphatic carbocycles. The second kappa shape index (κ2) is 8.66. The molecule has 1 saturated heterocycles. The number of ether oxygens (including phenoxy) is 2. The van der Waals surface area contributed by atoms with Crippen molar-refractivity contribution in [2.24, 2.45) is 0 Å². The average Bonchev–Trinajstić information content (AvgIpc) is 3.25. The highest BCUT2D eigenvalue weighted by atomic mass is 16.5. The predicted octanol–water partition coefficient (Wildman–Crippen LogP) is 1.95. The third kappa shape index (κ3) is 4.33. The molecule has 8 nitrogen and oxygen atoms in total. The lowest BCUT2D eigenvalue weighted by atomic mass is 10.2. The molecule has 1 aromatic heterocycles. The van der Waals surface area contributed by atoms with Gasteiger partial charge in [-0.3, -0.25) is 4.79 Å². The van der Waals surface area contributed by atoms with Gasteiger partial charge in [0.1, 0.15) is 0 Å². The number of para-hydroxylation sites is 1. The molecular weight excluding hydrogens is 372 g/mol. The van der Waals surface area contributed by atoms with Gasteiger partial charge in [0.15, 0.2) is 12.4 Å². The maximum atomic E-state index is 12.5. The van der Waals surface area contributed by atoms with Crippen LogP contribution in [0.2, 0.25) is 0 Å². The number of aromatic nitrogens is 3. The molecule has 3 aromatic rings. The van der Waals surface area contributed by atoms with Crippen LogP contribution in [-0.4, -0.2) is 64.5 Å². The van der Waals surface area contributed by atoms with Crippen molar-refractivity contribution in [3.8, 4) is 17.1 Å². The Balaban J connectivity index is 1.55. The summed E-state index contributed by atoms with van der Waals surface area (Å²) in [6.07, 6.45) is 0. The molecule has 4 rings (SSSR count). The number of benzene rings is 2. The van der Waals surface area contributed by atoms with Crippen molar-refractivity contribution in [1.82, 2.24) is 19.7 Å². The minimum atomic E-state index is -0.738. The Labute approximate surface area is 167 Å². The van der Waals surface area contributed by atoms with E-state index in [1.807, 2.05) is 60.7 Å². The third-order valence-corrected chi connectivity index (χ3v) is 4.51. The molecule has 1 amide bonds. The minimum absolute atomic E-state index is 0.0949. The van der Waals surface area contributed by atoms with Crippen molar-refractivity contribution >= 4 is 11.9 Å². The fourth-order valence-electron chi connectivity index (χ4n) is 3.02. The molecule has 0 bridgehead atoms. The molecule has 0 N–H and O–H groups in total. The van der Waals surface area contributed by atoms with Crippen molar-refractivity contribution in [1.29, 1.82) is 0 Å². The molecular formula is C21H20N4O4. The first-order chi connectivity index (χ1) is 14.2. The number of carbonyl (C=O) groups is 2. The lowest BCUT2D eigenvalue weighted by molar-refractivity contribution is -0.138. The van der Waals surface area contributed by atoms with Crippen LogP contribution in [0.4, 0.5) is 0 Å². The van der Waals surface area contributed by atoms with Crippen LogP contribution in [0, 0.1) is 0 Å². The predicted molar refractivity (Wildman–Crippen MR) is 104 cm³/mol. The third-order valence-electron chi connectivity index (χ3n) is 4.51. The number of nitrogens with zero attached hydrogens (tertiary/aromatic N) is 4. The molecule has 0 unspecified atom stereocenters. The van der Waals surface area contributed by atoms with Gasteiger partial charge in [-0.25, -0.2) is 14.5 Å². The fraction of sp³-hybridized carbons (Fsp3) is 0.238. The van der Waals surface area contributed by atoms with Crippen molar-refractivity contribution in [2.75, 3.05) is 32.9 Å². The van der Waals surface area contributed by atoms with Crippen molar-refractivity contribution in [3.63, 3.8) is 0 Å². The van der Waals surface area contributed by atoms with Crippen LogP contribution in [0.3, 0.4) is 0 Å². The summed E-state index contributed by atoms with van der Waals surface area (Å²) in [6.45, 7) is 1.62. The van der Waals surface area contributed by atoms with Crippen molar-refractivity contribution < 1.29 is 19.1 Å². The topological polar surface area (TPSA) is 86.5 Å². The van der Waals surface area contributed by atoms with Crippen LogP contribution >= 0.6 is 0 Å². The summed E-state index contributed by atoms with van der Waals surface area (Å²) < 4.78 is 12.0. The number of morpholine rings is 1. The second-order valence-corrected chi connectivity index (χ2v) is 6.44. The zero-order valence-electron chi connectivity index (χ0n) is 15.7. The molecule has 1 aliphatic rings. The van der Waals surface area contributed by atoms with Crippen LogP contribution in [-0.2, 0) is 14.3 Å². The molecule has 1 fully saturated rings. The zero-order chi connectivity index (χ0) is 20.1. The Morgan fingerprint density at radius 1 is 0.966 bits per heavy atom. The standard InChI is InChI=1S/C21H20N4O4/c26-18(24-11-13-28-14-12-24)15-29-21(27)19-22-20(16-7-3-1-4-8-16)25(23-19)17-9-5-2-6-10-17/h1-10H,11-15H2. The monoisotopic (exact) mass is 392 g/mol. The Kier molecular flexibility index (Phi) is 5.62. The van der Waals surface area contributed by atoms with Gasteiger partial charge in [-0.1, -0.05) is 48.5 Å². The summed E-state index contributed by atoms with van der Waals surface area (Å²) in [4.78, 5) is 30.7. The largest absolute Gasteiger partial charge is 0.450 e. The van der Waals surface area contributed by atoms with Crippen LogP contribution in [0.5, 0.6) is 0 Å². The Hall–Kier alpha value is -3.52. The summed E-state index contributed by atoms with van der Waals surface area (Å²) in [5.74, 6) is -0.573. The highest BCUT2D eigenvalue weighted by molar-refractivity contribution is 5.88. The first-order valence-electron chi connectivity index (χ1n) is 9.33. The van der Waals surface area contributed by atoms with Crippen LogP contribution in [0.1, 0.15) is 10.6 Å². The number of hydrogen-bond donors (Lipinski definition) is 0. The van der Waals surface area contributed by atoms with Crippen molar-refractivity contribution in [3.05, 3.63) is 66.5 Å². The van der Waals surface area contributed by atoms with E-state index in [2.05, 4.69) is 10.1 Å². The maximum absolute atomic E-state index is 12.5. The van der Waals surface area contributed by atoms with E-state index in [0.717, 1.165) is 11.3 Å². The van der Waals surface area contributed by atoms with Crippen LogP contribution in [0.25, 0.3) is 17.1 Å². The molecule has 29 heavy (non-hydrogen) atoms. The van der Waals surface area contributed by atoms with Gasteiger partial charge in [-0.05, 0) is 12.1 Å². The highest BCUT2D eigenvalue weighted by Crippen LogP contribution is 2.21. The van der Waals surface area contributed by atoms with Crippen LogP contribution < -0.4 is 0 Å². The van der Waals surface area contributed by atoms with Gasteiger partial charge in [0.2, 0.25) is 0 Å². The van der Waals surface area contributed by atoms with Gasteiger partial charge < -0.3 is 14.4 Å². The summed E-state index contributed by atoms with van der Waals surface area (Å²) in [6, 6.07) is 18.9. The van der Waals surface area contributed by atoms with Gasteiger partial charge >= 0.3 is 5.97 Å². The van der Waals surface area contributed by atoms with E-state index in [1.165, 1.54) is 0 Å². The minimum Gasteiger partial charge on any atom is -0.450 e. The molecule has 0 saturated carbocycles. The van der Waals surface area contributed by atoms with Crippen molar-refractivity contribution in [2.45, 2.75) is 0 Å². The Morgan fingerprint density at radius 2 is 1.62 bits per heavy atom. The maximum Gasteiger partial charge on any atom is 0.378 e. The molecule has 1 aliphatic heterocycles. The van der Waals surface area contributed by atoms with E-state index in [1.54, 1.807) is 9.58 Å². The van der Waals surface area contributed by atoms with Gasteiger partial charge in [-0.15, -0.1) is 5.10 Å². The summed E-state index contributed by atoms with van der Waals surface area (Å²) in [5, 5.41) is 4.33. The lowest BCUT2D eigenvalue weighted by Gasteiger charge is -2.26. The normalized spacial score (nSPS) is 13.9. The van der Waals surface area contributed by atoms with Crippen LogP contribution in [0.15, 0.2) is 60.7 Å².